The van der Waals surface area contributed by atoms with Crippen LogP contribution >= 0.6 is 0 Å². The van der Waals surface area contributed by atoms with E-state index in [2.05, 4.69) is 26.3 Å². The first-order chi connectivity index (χ1) is 16.8. The van der Waals surface area contributed by atoms with Crippen LogP contribution in [0, 0.1) is 17.2 Å². The fourth-order valence-electron chi connectivity index (χ4n) is 4.61. The van der Waals surface area contributed by atoms with Crippen molar-refractivity contribution in [3.63, 3.8) is 0 Å². The Bertz CT molecular complexity index is 1270. The van der Waals surface area contributed by atoms with Gasteiger partial charge in [0.25, 0.3) is 5.82 Å². The number of anilines is 2. The molecule has 3 aromatic heterocycles. The predicted octanol–water partition coefficient (Wildman–Crippen LogP) is 1.97. The van der Waals surface area contributed by atoms with Crippen molar-refractivity contribution < 1.29 is 18.0 Å². The van der Waals surface area contributed by atoms with Gasteiger partial charge < -0.3 is 14.7 Å². The van der Waals surface area contributed by atoms with E-state index in [1.54, 1.807) is 24.4 Å². The number of aromatic nitrogens is 5. The minimum absolute atomic E-state index is 0.0258. The van der Waals surface area contributed by atoms with Crippen molar-refractivity contribution in [2.45, 2.75) is 19.0 Å². The summed E-state index contributed by atoms with van der Waals surface area (Å²) < 4.78 is 40.2. The van der Waals surface area contributed by atoms with Crippen LogP contribution in [0.2, 0.25) is 0 Å². The molecule has 35 heavy (non-hydrogen) atoms. The molecule has 3 aromatic rings. The maximum absolute atomic E-state index is 13.2. The van der Waals surface area contributed by atoms with E-state index in [1.165, 1.54) is 6.07 Å². The lowest BCUT2D eigenvalue weighted by Gasteiger charge is -2.39. The van der Waals surface area contributed by atoms with E-state index in [-0.39, 0.29) is 17.5 Å². The fourth-order valence-corrected chi connectivity index (χ4v) is 4.61. The minimum atomic E-state index is -4.65. The Morgan fingerprint density at radius 2 is 1.74 bits per heavy atom. The summed E-state index contributed by atoms with van der Waals surface area (Å²) in [6, 6.07) is 8.69. The molecule has 0 saturated carbocycles. The molecule has 0 aromatic carbocycles. The number of fused-ring (bicyclic) bond motifs is 1. The van der Waals surface area contributed by atoms with E-state index >= 15 is 0 Å². The molecule has 2 aliphatic rings. The number of amides is 1. The number of alkyl halides is 3. The lowest BCUT2D eigenvalue weighted by molar-refractivity contribution is -0.146. The maximum atomic E-state index is 13.2. The average molecular weight is 485 g/mol. The molecular formula is C22H22F3N9O. The first-order valence-electron chi connectivity index (χ1n) is 11.3. The molecule has 0 aliphatic carbocycles. The van der Waals surface area contributed by atoms with Gasteiger partial charge >= 0.3 is 6.18 Å². The largest absolute Gasteiger partial charge is 0.453 e. The van der Waals surface area contributed by atoms with Gasteiger partial charge in [-0.05, 0) is 37.1 Å². The minimum Gasteiger partial charge on any atom is -0.355 e. The van der Waals surface area contributed by atoms with Gasteiger partial charge in [0.1, 0.15) is 17.7 Å². The van der Waals surface area contributed by atoms with Crippen LogP contribution in [-0.2, 0) is 11.0 Å². The van der Waals surface area contributed by atoms with Crippen molar-refractivity contribution in [2.75, 3.05) is 49.1 Å². The molecule has 1 amide bonds. The summed E-state index contributed by atoms with van der Waals surface area (Å²) in [7, 11) is 0. The van der Waals surface area contributed by atoms with Crippen LogP contribution in [0.25, 0.3) is 5.65 Å². The molecule has 5 rings (SSSR count). The van der Waals surface area contributed by atoms with Crippen molar-refractivity contribution in [3.8, 4) is 6.07 Å². The maximum Gasteiger partial charge on any atom is 0.453 e. The normalized spacial score (nSPS) is 17.6. The molecular weight excluding hydrogens is 463 g/mol. The van der Waals surface area contributed by atoms with E-state index < -0.39 is 12.0 Å². The van der Waals surface area contributed by atoms with Crippen molar-refractivity contribution in [1.82, 2.24) is 29.7 Å². The van der Waals surface area contributed by atoms with Crippen molar-refractivity contribution >= 4 is 23.2 Å². The number of rotatable bonds is 3. The number of carbonyl (C=O) groups is 1. The smallest absolute Gasteiger partial charge is 0.355 e. The number of pyridine rings is 1. The zero-order valence-electron chi connectivity index (χ0n) is 18.7. The number of nitriles is 1. The zero-order valence-corrected chi connectivity index (χ0v) is 18.7. The molecule has 13 heteroatoms. The van der Waals surface area contributed by atoms with Crippen LogP contribution in [-0.4, -0.2) is 74.9 Å². The third-order valence-electron chi connectivity index (χ3n) is 6.47. The third-order valence-corrected chi connectivity index (χ3v) is 6.47. The molecule has 0 unspecified atom stereocenters. The predicted molar refractivity (Wildman–Crippen MR) is 118 cm³/mol. The molecule has 0 radical (unpaired) electrons. The number of hydrogen-bond donors (Lipinski definition) is 0. The fraction of sp³-hybridized carbons (Fsp3) is 0.455. The molecule has 10 nitrogen and oxygen atoms in total. The van der Waals surface area contributed by atoms with Gasteiger partial charge in [-0.1, -0.05) is 0 Å². The summed E-state index contributed by atoms with van der Waals surface area (Å²) in [6.45, 7) is 3.32. The molecule has 5 heterocycles. The van der Waals surface area contributed by atoms with Gasteiger partial charge in [-0.3, -0.25) is 4.79 Å². The number of carbonyl (C=O) groups excluding carboxylic acids is 1. The van der Waals surface area contributed by atoms with Crippen LogP contribution in [0.5, 0.6) is 0 Å². The Balaban J connectivity index is 1.19. The number of nitrogens with zero attached hydrogens (tertiary/aromatic N) is 9. The molecule has 2 saturated heterocycles. The highest BCUT2D eigenvalue weighted by Gasteiger charge is 2.38. The van der Waals surface area contributed by atoms with Crippen LogP contribution in [0.1, 0.15) is 24.2 Å². The summed E-state index contributed by atoms with van der Waals surface area (Å²) in [6.07, 6.45) is -1.82. The van der Waals surface area contributed by atoms with Crippen molar-refractivity contribution in [3.05, 3.63) is 41.9 Å². The number of piperidine rings is 1. The third kappa shape index (κ3) is 4.43. The SMILES string of the molecule is N#Cc1cccnc1N1CCN(C(=O)C2CCN(c3ccc4nnc(C(F)(F)F)n4n3)CC2)CC1. The van der Waals surface area contributed by atoms with Gasteiger partial charge in [0.2, 0.25) is 5.91 Å². The highest BCUT2D eigenvalue weighted by molar-refractivity contribution is 5.79. The zero-order chi connectivity index (χ0) is 24.6. The first-order valence-corrected chi connectivity index (χ1v) is 11.3. The Morgan fingerprint density at radius 1 is 1.00 bits per heavy atom. The Kier molecular flexibility index (Phi) is 5.88. The molecule has 2 fully saturated rings. The number of piperazine rings is 1. The van der Waals surface area contributed by atoms with Crippen LogP contribution < -0.4 is 9.80 Å². The summed E-state index contributed by atoms with van der Waals surface area (Å²) >= 11 is 0. The monoisotopic (exact) mass is 485 g/mol. The lowest BCUT2D eigenvalue weighted by atomic mass is 9.95. The molecule has 0 bridgehead atoms. The van der Waals surface area contributed by atoms with Crippen molar-refractivity contribution in [2.24, 2.45) is 5.92 Å². The summed E-state index contributed by atoms with van der Waals surface area (Å²) in [4.78, 5) is 23.2. The van der Waals surface area contributed by atoms with Gasteiger partial charge in [0, 0.05) is 51.4 Å². The van der Waals surface area contributed by atoms with Crippen molar-refractivity contribution in [1.29, 1.82) is 5.26 Å². The second-order valence-corrected chi connectivity index (χ2v) is 8.54. The standard InChI is InChI=1S/C22H22F3N9O/c23-22(24,25)21-29-28-17-3-4-18(30-34(17)21)31-8-5-15(6-9-31)20(35)33-12-10-32(11-13-33)19-16(14-26)2-1-7-27-19/h1-4,7,15H,5-6,8-13H2. The molecule has 2 aliphatic heterocycles. The average Bonchev–Trinajstić information content (AvgIpc) is 3.32. The lowest BCUT2D eigenvalue weighted by Crippen LogP contribution is -2.52. The quantitative estimate of drug-likeness (QED) is 0.555. The Hall–Kier alpha value is -3.95. The summed E-state index contributed by atoms with van der Waals surface area (Å²) in [5, 5.41) is 20.1. The van der Waals surface area contributed by atoms with Gasteiger partial charge in [-0.15, -0.1) is 15.3 Å². The summed E-state index contributed by atoms with van der Waals surface area (Å²) in [5.41, 5.74) is 0.540. The van der Waals surface area contributed by atoms with Crippen LogP contribution in [0.15, 0.2) is 30.5 Å². The van der Waals surface area contributed by atoms with Crippen LogP contribution in [0.4, 0.5) is 24.8 Å². The molecule has 0 atom stereocenters. The second kappa shape index (κ2) is 9.01. The molecule has 182 valence electrons. The van der Waals surface area contributed by atoms with Gasteiger partial charge in [-0.25, -0.2) is 4.98 Å². The summed E-state index contributed by atoms with van der Waals surface area (Å²) in [5.74, 6) is -0.183. The molecule has 0 N–H and O–H groups in total. The van der Waals surface area contributed by atoms with Crippen LogP contribution in [0.3, 0.4) is 0 Å². The van der Waals surface area contributed by atoms with E-state index in [4.69, 9.17) is 0 Å². The van der Waals surface area contributed by atoms with Gasteiger partial charge in [0.15, 0.2) is 5.65 Å². The Labute approximate surface area is 198 Å². The van der Waals surface area contributed by atoms with E-state index in [9.17, 15) is 23.2 Å². The van der Waals surface area contributed by atoms with Gasteiger partial charge in [0.05, 0.1) is 5.56 Å². The Morgan fingerprint density at radius 3 is 2.43 bits per heavy atom. The number of halogens is 3. The van der Waals surface area contributed by atoms with E-state index in [1.807, 2.05) is 14.7 Å². The second-order valence-electron chi connectivity index (χ2n) is 8.54. The van der Waals surface area contributed by atoms with E-state index in [0.717, 1.165) is 0 Å². The van der Waals surface area contributed by atoms with E-state index in [0.29, 0.717) is 73.8 Å². The topological polar surface area (TPSA) is 107 Å². The highest BCUT2D eigenvalue weighted by Crippen LogP contribution is 2.29. The van der Waals surface area contributed by atoms with Gasteiger partial charge in [-0.2, -0.15) is 22.9 Å². The number of hydrogen-bond acceptors (Lipinski definition) is 8. The molecule has 0 spiro atoms. The highest BCUT2D eigenvalue weighted by atomic mass is 19.4. The first kappa shape index (κ1) is 22.8.